The topological polar surface area (TPSA) is 56.4 Å². The molecule has 2 unspecified atom stereocenters. The van der Waals surface area contributed by atoms with E-state index in [0.717, 1.165) is 39.1 Å². The quantitative estimate of drug-likeness (QED) is 0.650. The van der Waals surface area contributed by atoms with E-state index in [0.29, 0.717) is 11.8 Å². The Balaban J connectivity index is 1.42. The second-order valence-corrected chi connectivity index (χ2v) is 10.2. The summed E-state index contributed by atoms with van der Waals surface area (Å²) in [5, 5.41) is 9.91. The lowest BCUT2D eigenvalue weighted by Gasteiger charge is -2.53. The minimum absolute atomic E-state index is 0.0446. The van der Waals surface area contributed by atoms with Gasteiger partial charge in [0.1, 0.15) is 0 Å². The zero-order valence-electron chi connectivity index (χ0n) is 19.9. The number of piperidine rings is 1. The highest BCUT2D eigenvalue weighted by atomic mass is 16.2. The third-order valence-electron chi connectivity index (χ3n) is 8.54. The van der Waals surface area contributed by atoms with E-state index in [2.05, 4.69) is 75.4 Å². The van der Waals surface area contributed by atoms with Gasteiger partial charge in [0, 0.05) is 38.1 Å². The maximum Gasteiger partial charge on any atom is 0.314 e. The van der Waals surface area contributed by atoms with Crippen LogP contribution in [0.3, 0.4) is 0 Å². The highest BCUT2D eigenvalue weighted by molar-refractivity contribution is 5.74. The number of nitrogens with zero attached hydrogens (tertiary/aromatic N) is 1. The van der Waals surface area contributed by atoms with Crippen LogP contribution < -0.4 is 16.0 Å². The first kappa shape index (κ1) is 22.4. The number of urea groups is 1. The third-order valence-corrected chi connectivity index (χ3v) is 8.54. The Morgan fingerprint density at radius 3 is 2.58 bits per heavy atom. The molecule has 5 rings (SSSR count). The molecular weight excluding hydrogens is 408 g/mol. The van der Waals surface area contributed by atoms with Gasteiger partial charge in [0.25, 0.3) is 0 Å². The van der Waals surface area contributed by atoms with E-state index < -0.39 is 0 Å². The Kier molecular flexibility index (Phi) is 6.70. The molecule has 1 saturated heterocycles. The van der Waals surface area contributed by atoms with E-state index in [1.54, 1.807) is 12.6 Å². The molecule has 2 amide bonds. The molecule has 5 heteroatoms. The van der Waals surface area contributed by atoms with E-state index >= 15 is 0 Å². The molecule has 2 aromatic carbocycles. The zero-order valence-corrected chi connectivity index (χ0v) is 19.9. The Morgan fingerprint density at radius 1 is 1.03 bits per heavy atom. The molecule has 0 radical (unpaired) electrons. The lowest BCUT2D eigenvalue weighted by Crippen LogP contribution is -2.59. The molecule has 3 aliphatic rings. The van der Waals surface area contributed by atoms with Gasteiger partial charge in [0.15, 0.2) is 0 Å². The number of amides is 2. The van der Waals surface area contributed by atoms with Crippen molar-refractivity contribution >= 4 is 6.03 Å². The lowest BCUT2D eigenvalue weighted by atomic mass is 9.56. The van der Waals surface area contributed by atoms with Crippen LogP contribution in [0.2, 0.25) is 0 Å². The minimum Gasteiger partial charge on any atom is -0.341 e. The Bertz CT molecular complexity index is 940. The first-order chi connectivity index (χ1) is 16.2. The van der Waals surface area contributed by atoms with E-state index in [1.165, 1.54) is 36.8 Å². The summed E-state index contributed by atoms with van der Waals surface area (Å²) in [5.74, 6) is 1.09. The van der Waals surface area contributed by atoms with Gasteiger partial charge in [-0.3, -0.25) is 4.90 Å². The van der Waals surface area contributed by atoms with E-state index in [4.69, 9.17) is 0 Å². The molecule has 2 aromatic rings. The Labute approximate surface area is 198 Å². The largest absolute Gasteiger partial charge is 0.341 e. The van der Waals surface area contributed by atoms with Crippen molar-refractivity contribution in [1.82, 2.24) is 20.9 Å². The molecule has 3 N–H and O–H groups in total. The fourth-order valence-corrected chi connectivity index (χ4v) is 7.06. The molecule has 33 heavy (non-hydrogen) atoms. The van der Waals surface area contributed by atoms with Crippen molar-refractivity contribution in [2.45, 2.75) is 56.7 Å². The van der Waals surface area contributed by atoms with Crippen molar-refractivity contribution in [3.05, 3.63) is 71.3 Å². The van der Waals surface area contributed by atoms with Crippen LogP contribution in [0.5, 0.6) is 0 Å². The van der Waals surface area contributed by atoms with Crippen molar-refractivity contribution < 1.29 is 4.79 Å². The minimum atomic E-state index is -0.0446. The predicted octanol–water partition coefficient (Wildman–Crippen LogP) is 4.04. The number of likely N-dealkylation sites (tertiary alicyclic amines) is 1. The number of hydrogen-bond acceptors (Lipinski definition) is 3. The lowest BCUT2D eigenvalue weighted by molar-refractivity contribution is 0.0680. The summed E-state index contributed by atoms with van der Waals surface area (Å²) in [4.78, 5) is 14.9. The van der Waals surface area contributed by atoms with Crippen LogP contribution in [-0.2, 0) is 18.5 Å². The number of carbonyl (C=O) groups excluding carboxylic acids is 1. The third kappa shape index (κ3) is 4.41. The van der Waals surface area contributed by atoms with Crippen LogP contribution in [0.4, 0.5) is 4.79 Å². The second-order valence-electron chi connectivity index (χ2n) is 10.2. The van der Waals surface area contributed by atoms with Gasteiger partial charge < -0.3 is 16.0 Å². The first-order valence-electron chi connectivity index (χ1n) is 12.7. The second kappa shape index (κ2) is 9.86. The van der Waals surface area contributed by atoms with Crippen LogP contribution in [0.25, 0.3) is 0 Å². The summed E-state index contributed by atoms with van der Waals surface area (Å²) >= 11 is 0. The summed E-state index contributed by atoms with van der Waals surface area (Å²) in [7, 11) is 1.72. The summed E-state index contributed by atoms with van der Waals surface area (Å²) < 4.78 is 0. The molecular formula is C28H38N4O. The van der Waals surface area contributed by atoms with Crippen LogP contribution in [0.15, 0.2) is 54.6 Å². The average Bonchev–Trinajstić information content (AvgIpc) is 3.33. The van der Waals surface area contributed by atoms with Crippen molar-refractivity contribution in [1.29, 1.82) is 0 Å². The van der Waals surface area contributed by atoms with E-state index in [-0.39, 0.29) is 17.5 Å². The fraction of sp³-hybridized carbons (Fsp3) is 0.536. The Morgan fingerprint density at radius 2 is 1.79 bits per heavy atom. The van der Waals surface area contributed by atoms with Crippen molar-refractivity contribution in [3.8, 4) is 0 Å². The van der Waals surface area contributed by atoms with Gasteiger partial charge in [-0.15, -0.1) is 0 Å². The van der Waals surface area contributed by atoms with Crippen LogP contribution in [-0.4, -0.2) is 43.7 Å². The summed E-state index contributed by atoms with van der Waals surface area (Å²) in [6.07, 6.45) is 5.89. The van der Waals surface area contributed by atoms with Gasteiger partial charge >= 0.3 is 6.03 Å². The van der Waals surface area contributed by atoms with Gasteiger partial charge in [-0.1, -0.05) is 61.0 Å². The van der Waals surface area contributed by atoms with Gasteiger partial charge in [-0.2, -0.15) is 0 Å². The normalized spacial score (nSPS) is 28.3. The van der Waals surface area contributed by atoms with Crippen LogP contribution in [0.1, 0.15) is 48.8 Å². The number of rotatable bonds is 5. The molecule has 0 spiro atoms. The fourth-order valence-electron chi connectivity index (χ4n) is 7.06. The first-order valence-corrected chi connectivity index (χ1v) is 12.7. The molecule has 2 fully saturated rings. The maximum atomic E-state index is 12.3. The maximum absolute atomic E-state index is 12.3. The van der Waals surface area contributed by atoms with Crippen LogP contribution in [0, 0.1) is 11.8 Å². The standard InChI is InChI=1S/C28H38N4O/c1-29-27(33)31-26-13-7-12-25(26)28(20-30-18-22-10-5-6-11-24(22)28)23-14-16-32(17-15-23)19-21-8-3-2-4-9-21/h2-6,8-11,23,25-26,30H,7,12-20H2,1H3,(H2,29,31,33)/t25-,26?,28?/m0/s1. The average molecular weight is 447 g/mol. The smallest absolute Gasteiger partial charge is 0.314 e. The molecule has 0 bridgehead atoms. The molecule has 5 nitrogen and oxygen atoms in total. The van der Waals surface area contributed by atoms with Crippen LogP contribution >= 0.6 is 0 Å². The summed E-state index contributed by atoms with van der Waals surface area (Å²) in [5.41, 5.74) is 4.47. The predicted molar refractivity (Wildman–Crippen MR) is 133 cm³/mol. The highest BCUT2D eigenvalue weighted by Crippen LogP contribution is 2.52. The molecule has 2 heterocycles. The van der Waals surface area contributed by atoms with Crippen molar-refractivity contribution in [2.75, 3.05) is 26.7 Å². The Hall–Kier alpha value is -2.37. The molecule has 1 aliphatic carbocycles. The van der Waals surface area contributed by atoms with Gasteiger partial charge in [0.05, 0.1) is 0 Å². The monoisotopic (exact) mass is 446 g/mol. The summed E-state index contributed by atoms with van der Waals surface area (Å²) in [6.45, 7) is 5.29. The van der Waals surface area contributed by atoms with Crippen molar-refractivity contribution in [2.24, 2.45) is 11.8 Å². The number of hydrogen-bond donors (Lipinski definition) is 3. The molecule has 0 aromatic heterocycles. The van der Waals surface area contributed by atoms with Gasteiger partial charge in [-0.05, 0) is 67.3 Å². The van der Waals surface area contributed by atoms with E-state index in [9.17, 15) is 4.79 Å². The summed E-state index contributed by atoms with van der Waals surface area (Å²) in [6, 6.07) is 20.1. The highest BCUT2D eigenvalue weighted by Gasteiger charge is 2.53. The molecule has 1 saturated carbocycles. The molecule has 176 valence electrons. The molecule has 3 atom stereocenters. The van der Waals surface area contributed by atoms with Crippen molar-refractivity contribution in [3.63, 3.8) is 0 Å². The SMILES string of the molecule is CNC(=O)NC1CCC[C@@H]1C1(C2CCN(Cc3ccccc3)CC2)CNCc2ccccc21. The van der Waals surface area contributed by atoms with E-state index in [1.807, 2.05) is 0 Å². The number of benzene rings is 2. The van der Waals surface area contributed by atoms with Gasteiger partial charge in [-0.25, -0.2) is 4.79 Å². The number of fused-ring (bicyclic) bond motifs is 1. The molecule has 2 aliphatic heterocycles. The zero-order chi connectivity index (χ0) is 22.7. The number of nitrogens with one attached hydrogen (secondary N) is 3. The van der Waals surface area contributed by atoms with Gasteiger partial charge in [0.2, 0.25) is 0 Å². The number of carbonyl (C=O) groups is 1.